The molecule has 3 rings (SSSR count). The van der Waals surface area contributed by atoms with E-state index in [2.05, 4.69) is 10.6 Å². The van der Waals surface area contributed by atoms with Gasteiger partial charge in [0.2, 0.25) is 0 Å². The van der Waals surface area contributed by atoms with Crippen molar-refractivity contribution in [2.24, 2.45) is 0 Å². The average Bonchev–Trinajstić information content (AvgIpc) is 3.36. The van der Waals surface area contributed by atoms with Crippen LogP contribution in [0.2, 0.25) is 0 Å². The molecule has 1 aromatic heterocycles. The summed E-state index contributed by atoms with van der Waals surface area (Å²) in [6, 6.07) is 3.34. The van der Waals surface area contributed by atoms with Crippen LogP contribution in [0.5, 0.6) is 0 Å². The van der Waals surface area contributed by atoms with Gasteiger partial charge in [0.05, 0.1) is 34.0 Å². The highest BCUT2D eigenvalue weighted by Gasteiger charge is 2.26. The molecule has 2 aliphatic rings. The normalized spacial score (nSPS) is 25.5. The van der Waals surface area contributed by atoms with Crippen molar-refractivity contribution in [2.45, 2.75) is 63.8 Å². The average molecular weight is 366 g/mol. The molecule has 2 amide bonds. The summed E-state index contributed by atoms with van der Waals surface area (Å²) in [5, 5.41) is 5.94. The molecule has 2 saturated heterocycles. The maximum atomic E-state index is 12.4. The zero-order valence-electron chi connectivity index (χ0n) is 14.7. The van der Waals surface area contributed by atoms with Gasteiger partial charge in [0.25, 0.3) is 11.8 Å². The van der Waals surface area contributed by atoms with E-state index in [-0.39, 0.29) is 36.1 Å². The van der Waals surface area contributed by atoms with E-state index in [9.17, 15) is 9.59 Å². The summed E-state index contributed by atoms with van der Waals surface area (Å²) in [5.74, 6) is -0.307. The first-order valence-corrected chi connectivity index (χ1v) is 9.81. The van der Waals surface area contributed by atoms with Crippen LogP contribution in [0.1, 0.15) is 58.9 Å². The zero-order chi connectivity index (χ0) is 17.8. The van der Waals surface area contributed by atoms with Crippen molar-refractivity contribution in [1.29, 1.82) is 0 Å². The lowest BCUT2D eigenvalue weighted by atomic mass is 10.1. The summed E-state index contributed by atoms with van der Waals surface area (Å²) in [4.78, 5) is 25.8. The van der Waals surface area contributed by atoms with Gasteiger partial charge in [-0.2, -0.15) is 0 Å². The first-order chi connectivity index (χ1) is 12.0. The number of hydrogen-bond donors (Lipinski definition) is 2. The van der Waals surface area contributed by atoms with E-state index < -0.39 is 0 Å². The van der Waals surface area contributed by atoms with Gasteiger partial charge >= 0.3 is 0 Å². The third-order valence-corrected chi connectivity index (χ3v) is 5.90. The zero-order valence-corrected chi connectivity index (χ0v) is 15.6. The maximum Gasteiger partial charge on any atom is 0.261 e. The molecule has 0 aromatic carbocycles. The van der Waals surface area contributed by atoms with Crippen LogP contribution >= 0.6 is 11.3 Å². The van der Waals surface area contributed by atoms with E-state index in [1.54, 1.807) is 12.1 Å². The molecule has 2 N–H and O–H groups in total. The van der Waals surface area contributed by atoms with E-state index in [0.717, 1.165) is 38.9 Å². The monoisotopic (exact) mass is 366 g/mol. The van der Waals surface area contributed by atoms with Crippen molar-refractivity contribution in [1.82, 2.24) is 10.6 Å². The molecule has 138 valence electrons. The molecule has 1 aromatic rings. The number of amides is 2. The first kappa shape index (κ1) is 18.4. The van der Waals surface area contributed by atoms with Crippen molar-refractivity contribution in [3.05, 3.63) is 21.9 Å². The Morgan fingerprint density at radius 2 is 1.40 bits per heavy atom. The second-order valence-electron chi connectivity index (χ2n) is 6.79. The molecule has 0 spiro atoms. The Morgan fingerprint density at radius 3 is 1.76 bits per heavy atom. The Labute approximate surface area is 152 Å². The fourth-order valence-corrected chi connectivity index (χ4v) is 4.13. The van der Waals surface area contributed by atoms with Gasteiger partial charge < -0.3 is 20.1 Å². The van der Waals surface area contributed by atoms with Crippen LogP contribution < -0.4 is 10.6 Å². The SMILES string of the molecule is C[C@H](NC(=O)c1ccc(C(=O)N[C@H](C)[C@@H]2CCCO2)s1)[C@@H]1CCCO1. The highest BCUT2D eigenvalue weighted by molar-refractivity contribution is 7.15. The Balaban J connectivity index is 1.53. The fourth-order valence-electron chi connectivity index (χ4n) is 3.32. The standard InChI is InChI=1S/C18H26N2O4S/c1-11(13-5-3-9-23-13)19-17(21)15-7-8-16(25-15)18(22)20-12(2)14-6-4-10-24-14/h7-8,11-14H,3-6,9-10H2,1-2H3,(H,19,21)(H,20,22)/t11-,12+,13-,14-/m0/s1. The molecule has 4 atom stereocenters. The van der Waals surface area contributed by atoms with Crippen molar-refractivity contribution in [2.75, 3.05) is 13.2 Å². The van der Waals surface area contributed by atoms with Gasteiger partial charge in [-0.25, -0.2) is 0 Å². The third-order valence-electron chi connectivity index (χ3n) is 4.82. The molecule has 2 fully saturated rings. The van der Waals surface area contributed by atoms with Gasteiger partial charge in [-0.05, 0) is 51.7 Å². The van der Waals surface area contributed by atoms with Gasteiger partial charge in [-0.1, -0.05) is 0 Å². The largest absolute Gasteiger partial charge is 0.376 e. The predicted molar refractivity (Wildman–Crippen MR) is 96.1 cm³/mol. The fraction of sp³-hybridized carbons (Fsp3) is 0.667. The Morgan fingerprint density at radius 1 is 0.960 bits per heavy atom. The highest BCUT2D eigenvalue weighted by atomic mass is 32.1. The van der Waals surface area contributed by atoms with Crippen molar-refractivity contribution in [3.8, 4) is 0 Å². The van der Waals surface area contributed by atoms with Crippen molar-refractivity contribution < 1.29 is 19.1 Å². The number of rotatable bonds is 6. The number of ether oxygens (including phenoxy) is 2. The minimum atomic E-state index is -0.153. The van der Waals surface area contributed by atoms with Crippen molar-refractivity contribution in [3.63, 3.8) is 0 Å². The van der Waals surface area contributed by atoms with Crippen LogP contribution in [0.25, 0.3) is 0 Å². The summed E-state index contributed by atoms with van der Waals surface area (Å²) in [6.45, 7) is 5.44. The van der Waals surface area contributed by atoms with Crippen LogP contribution in [0.3, 0.4) is 0 Å². The molecule has 2 aliphatic heterocycles. The minimum Gasteiger partial charge on any atom is -0.376 e. The summed E-state index contributed by atoms with van der Waals surface area (Å²) >= 11 is 1.21. The lowest BCUT2D eigenvalue weighted by Gasteiger charge is -2.19. The molecular formula is C18H26N2O4S. The lowest BCUT2D eigenvalue weighted by molar-refractivity contribution is 0.0714. The summed E-state index contributed by atoms with van der Waals surface area (Å²) in [7, 11) is 0. The predicted octanol–water partition coefficient (Wildman–Crippen LogP) is 2.34. The molecule has 6 nitrogen and oxygen atoms in total. The van der Waals surface area contributed by atoms with Crippen LogP contribution in [0.15, 0.2) is 12.1 Å². The second kappa shape index (κ2) is 8.29. The Bertz CT molecular complexity index is 555. The van der Waals surface area contributed by atoms with Gasteiger partial charge in [0, 0.05) is 13.2 Å². The van der Waals surface area contributed by atoms with E-state index in [1.165, 1.54) is 11.3 Å². The number of carbonyl (C=O) groups is 2. The summed E-state index contributed by atoms with van der Waals surface area (Å²) in [5.41, 5.74) is 0. The lowest BCUT2D eigenvalue weighted by Crippen LogP contribution is -2.40. The van der Waals surface area contributed by atoms with E-state index in [1.807, 2.05) is 13.8 Å². The maximum absolute atomic E-state index is 12.4. The van der Waals surface area contributed by atoms with Gasteiger partial charge in [-0.3, -0.25) is 9.59 Å². The topological polar surface area (TPSA) is 76.7 Å². The molecule has 25 heavy (non-hydrogen) atoms. The summed E-state index contributed by atoms with van der Waals surface area (Å²) in [6.07, 6.45) is 4.19. The van der Waals surface area contributed by atoms with Crippen LogP contribution in [-0.4, -0.2) is 49.3 Å². The Hall–Kier alpha value is -1.44. The third kappa shape index (κ3) is 4.59. The summed E-state index contributed by atoms with van der Waals surface area (Å²) < 4.78 is 11.2. The molecule has 0 saturated carbocycles. The molecule has 7 heteroatoms. The number of thiophene rings is 1. The Kier molecular flexibility index (Phi) is 6.09. The van der Waals surface area contributed by atoms with Gasteiger partial charge in [-0.15, -0.1) is 11.3 Å². The number of carbonyl (C=O) groups excluding carboxylic acids is 2. The van der Waals surface area contributed by atoms with Crippen LogP contribution in [0, 0.1) is 0 Å². The number of hydrogen-bond acceptors (Lipinski definition) is 5. The minimum absolute atomic E-state index is 0.0334. The molecule has 0 radical (unpaired) electrons. The molecule has 3 heterocycles. The number of nitrogens with one attached hydrogen (secondary N) is 2. The van der Waals surface area contributed by atoms with Crippen molar-refractivity contribution >= 4 is 23.2 Å². The molecular weight excluding hydrogens is 340 g/mol. The van der Waals surface area contributed by atoms with Gasteiger partial charge in [0.1, 0.15) is 0 Å². The highest BCUT2D eigenvalue weighted by Crippen LogP contribution is 2.20. The van der Waals surface area contributed by atoms with Crippen LogP contribution in [-0.2, 0) is 9.47 Å². The molecule has 0 unspecified atom stereocenters. The molecule has 0 bridgehead atoms. The quantitative estimate of drug-likeness (QED) is 0.810. The molecule has 0 aliphatic carbocycles. The van der Waals surface area contributed by atoms with Gasteiger partial charge in [0.15, 0.2) is 0 Å². The van der Waals surface area contributed by atoms with E-state index in [0.29, 0.717) is 9.75 Å². The van der Waals surface area contributed by atoms with Crippen LogP contribution in [0.4, 0.5) is 0 Å². The first-order valence-electron chi connectivity index (χ1n) is 8.99. The van der Waals surface area contributed by atoms with E-state index >= 15 is 0 Å². The second-order valence-corrected chi connectivity index (χ2v) is 7.87. The smallest absolute Gasteiger partial charge is 0.261 e. The van der Waals surface area contributed by atoms with E-state index in [4.69, 9.17) is 9.47 Å².